The molecule has 72 heavy (non-hydrogen) atoms. The van der Waals surface area contributed by atoms with E-state index < -0.39 is 0 Å². The monoisotopic (exact) mass is 997 g/mol. The standard InChI is InChI=1S/C66H120N6/c1-5-7-9-11-13-15-17-49-23-31-55(32-24-49)71(53-27-19-47(3)20-28-53)63-39-61(51-41-67-45-68-42-51)57-36-38-60-64(40-62(52-43-69-46-70-44-52)58-35-37-59(63)65(57)66(58)60)72(54-29-21-48(4)22-30-54)56-33-25-50(26-34-56)18-16-14-12-10-8-6-2/h47-70H,5-46H2,1-4H3. The van der Waals surface area contributed by atoms with Crippen LogP contribution >= 0.6 is 0 Å². The zero-order chi connectivity index (χ0) is 49.2. The van der Waals surface area contributed by atoms with Crippen molar-refractivity contribution in [3.8, 4) is 0 Å². The van der Waals surface area contributed by atoms with Gasteiger partial charge in [0, 0.05) is 75.8 Å². The number of unbranched alkanes of at least 4 members (excludes halogenated alkanes) is 10. The molecule has 414 valence electrons. The van der Waals surface area contributed by atoms with Gasteiger partial charge in [0.25, 0.3) is 0 Å². The molecular formula is C66H120N6. The molecule has 6 nitrogen and oxygen atoms in total. The second-order valence-electron chi connectivity index (χ2n) is 28.8. The normalized spacial score (nSPS) is 42.4. The van der Waals surface area contributed by atoms with Gasteiger partial charge in [0.05, 0.1) is 0 Å². The first-order chi connectivity index (χ1) is 35.5. The van der Waals surface area contributed by atoms with E-state index in [-0.39, 0.29) is 0 Å². The molecule has 2 heterocycles. The SMILES string of the molecule is CCCCCCCCC1CCC(N(C2CCC(C)CC2)C2CC(C3CNCNC3)C3CCC4C5C(CCC2C35)C(C2CNCNC2)CC4N(C2CCC(C)CC2)C2CCC(CCCCCCCC)CC2)CC1. The summed E-state index contributed by atoms with van der Waals surface area (Å²) in [5, 5.41) is 15.8. The van der Waals surface area contributed by atoms with Gasteiger partial charge >= 0.3 is 0 Å². The van der Waals surface area contributed by atoms with Crippen LogP contribution in [-0.2, 0) is 0 Å². The van der Waals surface area contributed by atoms with Crippen molar-refractivity contribution in [1.82, 2.24) is 31.1 Å². The van der Waals surface area contributed by atoms with E-state index in [1.807, 2.05) is 0 Å². The molecule has 4 N–H and O–H groups in total. The van der Waals surface area contributed by atoms with Crippen molar-refractivity contribution in [3.63, 3.8) is 0 Å². The molecule has 0 bridgehead atoms. The molecule has 10 fully saturated rings. The molecule has 10 unspecified atom stereocenters. The maximum atomic E-state index is 3.96. The quantitative estimate of drug-likeness (QED) is 0.0811. The molecule has 10 aliphatic rings. The molecule has 6 heteroatoms. The summed E-state index contributed by atoms with van der Waals surface area (Å²) in [6, 6.07) is 5.03. The van der Waals surface area contributed by atoms with Crippen LogP contribution in [-0.4, -0.2) is 85.6 Å². The van der Waals surface area contributed by atoms with Crippen molar-refractivity contribution in [3.05, 3.63) is 0 Å². The van der Waals surface area contributed by atoms with Crippen LogP contribution in [0.4, 0.5) is 0 Å². The largest absolute Gasteiger partial charge is 0.304 e. The Labute approximate surface area is 446 Å². The Morgan fingerprint density at radius 1 is 0.333 bits per heavy atom. The summed E-state index contributed by atoms with van der Waals surface area (Å²) in [4.78, 5) is 7.00. The molecule has 10 atom stereocenters. The Morgan fingerprint density at radius 3 is 1.01 bits per heavy atom. The van der Waals surface area contributed by atoms with E-state index in [0.29, 0.717) is 0 Å². The fourth-order valence-corrected chi connectivity index (χ4v) is 20.8. The third-order valence-electron chi connectivity index (χ3n) is 24.5. The molecule has 0 amide bonds. The lowest BCUT2D eigenvalue weighted by atomic mass is 9.41. The fraction of sp³-hybridized carbons (Fsp3) is 1.00. The fourth-order valence-electron chi connectivity index (χ4n) is 20.8. The van der Waals surface area contributed by atoms with Crippen LogP contribution in [0.3, 0.4) is 0 Å². The predicted molar refractivity (Wildman–Crippen MR) is 306 cm³/mol. The Kier molecular flexibility index (Phi) is 21.1. The van der Waals surface area contributed by atoms with Crippen LogP contribution in [0.2, 0.25) is 0 Å². The summed E-state index contributed by atoms with van der Waals surface area (Å²) in [5.41, 5.74) is 0. The second-order valence-corrected chi connectivity index (χ2v) is 28.8. The van der Waals surface area contributed by atoms with Gasteiger partial charge < -0.3 is 21.3 Å². The summed E-state index contributed by atoms with van der Waals surface area (Å²) in [6.45, 7) is 17.0. The first-order valence-corrected chi connectivity index (χ1v) is 33.9. The van der Waals surface area contributed by atoms with E-state index in [0.717, 1.165) is 132 Å². The number of nitrogens with zero attached hydrogens (tertiary/aromatic N) is 2. The predicted octanol–water partition coefficient (Wildman–Crippen LogP) is 15.0. The van der Waals surface area contributed by atoms with Crippen LogP contribution in [0.5, 0.6) is 0 Å². The first-order valence-electron chi connectivity index (χ1n) is 33.9. The number of rotatable bonds is 22. The summed E-state index contributed by atoms with van der Waals surface area (Å²) >= 11 is 0. The van der Waals surface area contributed by atoms with E-state index in [4.69, 9.17) is 0 Å². The van der Waals surface area contributed by atoms with Crippen molar-refractivity contribution in [2.24, 2.45) is 82.9 Å². The topological polar surface area (TPSA) is 54.6 Å². The van der Waals surface area contributed by atoms with Gasteiger partial charge in [-0.25, -0.2) is 0 Å². The summed E-state index contributed by atoms with van der Waals surface area (Å²) in [5.74, 6) is 12.9. The maximum Gasteiger partial charge on any atom is 0.0454 e. The highest BCUT2D eigenvalue weighted by atomic mass is 15.2. The first kappa shape index (κ1) is 55.1. The van der Waals surface area contributed by atoms with Gasteiger partial charge in [-0.1, -0.05) is 118 Å². The van der Waals surface area contributed by atoms with E-state index in [1.54, 1.807) is 25.7 Å². The molecule has 0 aromatic carbocycles. The van der Waals surface area contributed by atoms with Crippen molar-refractivity contribution in [2.75, 3.05) is 39.5 Å². The third-order valence-corrected chi connectivity index (χ3v) is 24.5. The van der Waals surface area contributed by atoms with Crippen LogP contribution < -0.4 is 21.3 Å². The summed E-state index contributed by atoms with van der Waals surface area (Å²) in [7, 11) is 0. The third kappa shape index (κ3) is 13.3. The highest BCUT2D eigenvalue weighted by Gasteiger charge is 2.63. The Morgan fingerprint density at radius 2 is 0.653 bits per heavy atom. The number of nitrogens with one attached hydrogen (secondary N) is 4. The van der Waals surface area contributed by atoms with Gasteiger partial charge in [-0.3, -0.25) is 9.80 Å². The second kappa shape index (κ2) is 27.6. The van der Waals surface area contributed by atoms with E-state index in [2.05, 4.69) is 58.8 Å². The molecule has 2 aliphatic heterocycles. The molecule has 0 aromatic rings. The molecule has 10 rings (SSSR count). The molecular weight excluding hydrogens is 877 g/mol. The highest BCUT2D eigenvalue weighted by molar-refractivity contribution is 5.14. The minimum absolute atomic E-state index is 0.805. The average Bonchev–Trinajstić information content (AvgIpc) is 3.42. The van der Waals surface area contributed by atoms with Gasteiger partial charge in [-0.15, -0.1) is 0 Å². The maximum absolute atomic E-state index is 3.96. The lowest BCUT2D eigenvalue weighted by Gasteiger charge is -2.68. The van der Waals surface area contributed by atoms with Crippen molar-refractivity contribution in [2.45, 2.75) is 295 Å². The van der Waals surface area contributed by atoms with Crippen LogP contribution in [0.15, 0.2) is 0 Å². The summed E-state index contributed by atoms with van der Waals surface area (Å²) in [6.07, 6.45) is 53.9. The lowest BCUT2D eigenvalue weighted by molar-refractivity contribution is -0.187. The highest BCUT2D eigenvalue weighted by Crippen LogP contribution is 2.66. The molecule has 0 spiro atoms. The lowest BCUT2D eigenvalue weighted by Crippen LogP contribution is -2.68. The zero-order valence-corrected chi connectivity index (χ0v) is 48.1. The van der Waals surface area contributed by atoms with Gasteiger partial charge in [-0.2, -0.15) is 0 Å². The van der Waals surface area contributed by atoms with E-state index in [1.165, 1.54) is 232 Å². The van der Waals surface area contributed by atoms with Gasteiger partial charge in [0.2, 0.25) is 0 Å². The van der Waals surface area contributed by atoms with Crippen molar-refractivity contribution in [1.29, 1.82) is 0 Å². The van der Waals surface area contributed by atoms with Gasteiger partial charge in [0.15, 0.2) is 0 Å². The average molecular weight is 998 g/mol. The Hall–Kier alpha value is -0.240. The van der Waals surface area contributed by atoms with Gasteiger partial charge in [0.1, 0.15) is 0 Å². The summed E-state index contributed by atoms with van der Waals surface area (Å²) < 4.78 is 0. The van der Waals surface area contributed by atoms with Gasteiger partial charge in [-0.05, 0) is 224 Å². The zero-order valence-electron chi connectivity index (χ0n) is 48.1. The molecule has 2 saturated heterocycles. The van der Waals surface area contributed by atoms with Crippen LogP contribution in [0.1, 0.15) is 259 Å². The van der Waals surface area contributed by atoms with Crippen molar-refractivity contribution >= 4 is 0 Å². The smallest absolute Gasteiger partial charge is 0.0454 e. The number of hydrogen-bond acceptors (Lipinski definition) is 6. The van der Waals surface area contributed by atoms with Crippen LogP contribution in [0, 0.1) is 82.9 Å². The Balaban J connectivity index is 0.948. The van der Waals surface area contributed by atoms with Crippen molar-refractivity contribution < 1.29 is 0 Å². The minimum Gasteiger partial charge on any atom is -0.304 e. The Bertz CT molecular complexity index is 1400. The van der Waals surface area contributed by atoms with E-state index in [9.17, 15) is 0 Å². The molecule has 0 aromatic heterocycles. The minimum atomic E-state index is 0.805. The number of hydrogen-bond donors (Lipinski definition) is 4. The van der Waals surface area contributed by atoms with E-state index >= 15 is 0 Å². The van der Waals surface area contributed by atoms with Crippen LogP contribution in [0.25, 0.3) is 0 Å². The molecule has 8 aliphatic carbocycles. The molecule has 0 radical (unpaired) electrons. The molecule has 8 saturated carbocycles.